The van der Waals surface area contributed by atoms with Crippen molar-refractivity contribution in [3.05, 3.63) is 81.4 Å². The van der Waals surface area contributed by atoms with E-state index in [9.17, 15) is 28.1 Å². The number of esters is 2. The first kappa shape index (κ1) is 25.5. The molecule has 0 saturated carbocycles. The standard InChI is InChI=1S/C24H22N2O8S/c1-4-33-23(27)18-19(24(28)34-5-2)22(35(31,32)17-13-11-15(3)12-14-17)25-20(21(18)26(29)30)16-9-7-6-8-10-16/h6-14H,4-5H2,1-3H3. The smallest absolute Gasteiger partial charge is 0.346 e. The van der Waals surface area contributed by atoms with Gasteiger partial charge in [0.2, 0.25) is 9.84 Å². The van der Waals surface area contributed by atoms with Crippen LogP contribution in [0.2, 0.25) is 0 Å². The van der Waals surface area contributed by atoms with Crippen LogP contribution in [-0.4, -0.2) is 43.5 Å². The highest BCUT2D eigenvalue weighted by molar-refractivity contribution is 7.91. The van der Waals surface area contributed by atoms with Gasteiger partial charge in [-0.3, -0.25) is 10.1 Å². The maximum Gasteiger partial charge on any atom is 0.346 e. The van der Waals surface area contributed by atoms with E-state index in [4.69, 9.17) is 9.47 Å². The number of benzene rings is 2. The molecule has 0 aliphatic carbocycles. The van der Waals surface area contributed by atoms with Crippen LogP contribution in [0.25, 0.3) is 11.3 Å². The molecule has 0 aliphatic rings. The second kappa shape index (κ2) is 10.4. The fraction of sp³-hybridized carbons (Fsp3) is 0.208. The minimum Gasteiger partial charge on any atom is -0.462 e. The summed E-state index contributed by atoms with van der Waals surface area (Å²) >= 11 is 0. The van der Waals surface area contributed by atoms with E-state index >= 15 is 0 Å². The average Bonchev–Trinajstić information content (AvgIpc) is 2.83. The Morgan fingerprint density at radius 1 is 0.914 bits per heavy atom. The van der Waals surface area contributed by atoms with Crippen LogP contribution in [0.1, 0.15) is 40.1 Å². The van der Waals surface area contributed by atoms with E-state index in [0.29, 0.717) is 0 Å². The Hall–Kier alpha value is -4.12. The highest BCUT2D eigenvalue weighted by Crippen LogP contribution is 2.38. The van der Waals surface area contributed by atoms with Crippen LogP contribution < -0.4 is 0 Å². The number of hydrogen-bond acceptors (Lipinski definition) is 9. The summed E-state index contributed by atoms with van der Waals surface area (Å²) in [4.78, 5) is 41.1. The number of sulfone groups is 1. The Labute approximate surface area is 201 Å². The fourth-order valence-electron chi connectivity index (χ4n) is 3.35. The first-order chi connectivity index (χ1) is 16.6. The summed E-state index contributed by atoms with van der Waals surface area (Å²) in [6.07, 6.45) is 0. The van der Waals surface area contributed by atoms with Gasteiger partial charge in [0, 0.05) is 5.56 Å². The number of hydrogen-bond donors (Lipinski definition) is 0. The maximum absolute atomic E-state index is 13.7. The molecule has 11 heteroatoms. The molecule has 182 valence electrons. The minimum absolute atomic E-state index is 0.167. The van der Waals surface area contributed by atoms with Gasteiger partial charge in [-0.15, -0.1) is 0 Å². The Morgan fingerprint density at radius 2 is 1.46 bits per heavy atom. The lowest BCUT2D eigenvalue weighted by Crippen LogP contribution is -2.23. The zero-order valence-corrected chi connectivity index (χ0v) is 20.0. The van der Waals surface area contributed by atoms with Gasteiger partial charge >= 0.3 is 17.6 Å². The number of nitro groups is 1. The number of pyridine rings is 1. The molecule has 1 aromatic heterocycles. The zero-order valence-electron chi connectivity index (χ0n) is 19.2. The molecular formula is C24H22N2O8S. The summed E-state index contributed by atoms with van der Waals surface area (Å²) < 4.78 is 37.3. The van der Waals surface area contributed by atoms with E-state index < -0.39 is 54.2 Å². The van der Waals surface area contributed by atoms with Crippen molar-refractivity contribution in [3.8, 4) is 11.3 Å². The molecule has 3 rings (SSSR count). The number of aryl methyl sites for hydroxylation is 1. The predicted molar refractivity (Wildman–Crippen MR) is 125 cm³/mol. The molecule has 2 aromatic carbocycles. The third-order valence-corrected chi connectivity index (χ3v) is 6.61. The fourth-order valence-corrected chi connectivity index (χ4v) is 4.73. The van der Waals surface area contributed by atoms with E-state index in [0.717, 1.165) is 5.56 Å². The molecule has 0 saturated heterocycles. The van der Waals surface area contributed by atoms with Crippen LogP contribution in [0.3, 0.4) is 0 Å². The molecular weight excluding hydrogens is 476 g/mol. The van der Waals surface area contributed by atoms with Gasteiger partial charge in [0.15, 0.2) is 16.3 Å². The number of ether oxygens (including phenoxy) is 2. The first-order valence-corrected chi connectivity index (χ1v) is 12.1. The molecule has 0 fully saturated rings. The van der Waals surface area contributed by atoms with Gasteiger partial charge in [0.25, 0.3) is 0 Å². The topological polar surface area (TPSA) is 143 Å². The number of rotatable bonds is 8. The van der Waals surface area contributed by atoms with Crippen molar-refractivity contribution in [3.63, 3.8) is 0 Å². The molecule has 3 aromatic rings. The van der Waals surface area contributed by atoms with E-state index in [1.807, 2.05) is 0 Å². The number of carbonyl (C=O) groups excluding carboxylic acids is 2. The van der Waals surface area contributed by atoms with Gasteiger partial charge in [0.05, 0.1) is 23.0 Å². The van der Waals surface area contributed by atoms with Crippen molar-refractivity contribution in [1.82, 2.24) is 4.98 Å². The second-order valence-electron chi connectivity index (χ2n) is 7.24. The minimum atomic E-state index is -4.54. The lowest BCUT2D eigenvalue weighted by molar-refractivity contribution is -0.384. The van der Waals surface area contributed by atoms with Crippen molar-refractivity contribution >= 4 is 27.5 Å². The Morgan fingerprint density at radius 3 is 1.97 bits per heavy atom. The van der Waals surface area contributed by atoms with Crippen LogP contribution in [0.15, 0.2) is 64.5 Å². The van der Waals surface area contributed by atoms with E-state index in [2.05, 4.69) is 4.98 Å². The normalized spacial score (nSPS) is 11.1. The Kier molecular flexibility index (Phi) is 7.60. The molecule has 0 unspecified atom stereocenters. The third-order valence-electron chi connectivity index (χ3n) is 4.91. The molecule has 10 nitrogen and oxygen atoms in total. The van der Waals surface area contributed by atoms with Gasteiger partial charge in [0.1, 0.15) is 5.56 Å². The highest BCUT2D eigenvalue weighted by Gasteiger charge is 2.41. The van der Waals surface area contributed by atoms with E-state index in [1.54, 1.807) is 37.3 Å². The Balaban J connectivity index is 2.55. The lowest BCUT2D eigenvalue weighted by Gasteiger charge is -2.16. The second-order valence-corrected chi connectivity index (χ2v) is 9.11. The molecule has 0 spiro atoms. The molecule has 0 N–H and O–H groups in total. The van der Waals surface area contributed by atoms with Gasteiger partial charge in [-0.2, -0.15) is 0 Å². The van der Waals surface area contributed by atoms with Gasteiger partial charge in [-0.1, -0.05) is 48.0 Å². The average molecular weight is 499 g/mol. The first-order valence-electron chi connectivity index (χ1n) is 10.6. The lowest BCUT2D eigenvalue weighted by atomic mass is 10.0. The van der Waals surface area contributed by atoms with Crippen molar-refractivity contribution in [2.45, 2.75) is 30.7 Å². The van der Waals surface area contributed by atoms with Crippen molar-refractivity contribution < 1.29 is 32.4 Å². The zero-order chi connectivity index (χ0) is 25.8. The molecule has 0 bridgehead atoms. The summed E-state index contributed by atoms with van der Waals surface area (Å²) in [5, 5.41) is 11.3. The molecule has 1 heterocycles. The predicted octanol–water partition coefficient (Wildman–Crippen LogP) is 4.15. The SMILES string of the molecule is CCOC(=O)c1c(S(=O)(=O)c2ccc(C)cc2)nc(-c2ccccc2)c([N+](=O)[O-])c1C(=O)OCC. The summed E-state index contributed by atoms with van der Waals surface area (Å²) in [6, 6.07) is 13.4. The monoisotopic (exact) mass is 498 g/mol. The quantitative estimate of drug-likeness (QED) is 0.254. The highest BCUT2D eigenvalue weighted by atomic mass is 32.2. The van der Waals surface area contributed by atoms with Crippen LogP contribution in [0, 0.1) is 17.0 Å². The van der Waals surface area contributed by atoms with Crippen LogP contribution in [-0.2, 0) is 19.3 Å². The number of nitrogens with zero attached hydrogens (tertiary/aromatic N) is 2. The molecule has 35 heavy (non-hydrogen) atoms. The molecule has 0 atom stereocenters. The summed E-state index contributed by atoms with van der Waals surface area (Å²) in [5.41, 5.74) is -2.01. The van der Waals surface area contributed by atoms with Crippen LogP contribution in [0.4, 0.5) is 5.69 Å². The summed E-state index contributed by atoms with van der Waals surface area (Å²) in [7, 11) is -4.54. The van der Waals surface area contributed by atoms with Gasteiger partial charge in [-0.05, 0) is 32.9 Å². The van der Waals surface area contributed by atoms with Crippen molar-refractivity contribution in [2.75, 3.05) is 13.2 Å². The van der Waals surface area contributed by atoms with Crippen LogP contribution >= 0.6 is 0 Å². The molecule has 0 radical (unpaired) electrons. The Bertz CT molecular complexity index is 1390. The van der Waals surface area contributed by atoms with Crippen molar-refractivity contribution in [1.29, 1.82) is 0 Å². The third kappa shape index (κ3) is 5.04. The van der Waals surface area contributed by atoms with Crippen molar-refractivity contribution in [2.24, 2.45) is 0 Å². The summed E-state index contributed by atoms with van der Waals surface area (Å²) in [6.45, 7) is 4.34. The summed E-state index contributed by atoms with van der Waals surface area (Å²) in [5.74, 6) is -2.50. The van der Waals surface area contributed by atoms with Gasteiger partial charge in [-0.25, -0.2) is 23.0 Å². The molecule has 0 amide bonds. The van der Waals surface area contributed by atoms with E-state index in [1.165, 1.54) is 38.1 Å². The number of carbonyl (C=O) groups is 2. The van der Waals surface area contributed by atoms with E-state index in [-0.39, 0.29) is 23.7 Å². The number of aromatic nitrogens is 1. The largest absolute Gasteiger partial charge is 0.462 e. The maximum atomic E-state index is 13.7. The van der Waals surface area contributed by atoms with Gasteiger partial charge < -0.3 is 9.47 Å². The van der Waals surface area contributed by atoms with Crippen LogP contribution in [0.5, 0.6) is 0 Å². The molecule has 0 aliphatic heterocycles.